The van der Waals surface area contributed by atoms with E-state index in [-0.39, 0.29) is 18.1 Å². The Labute approximate surface area is 212 Å². The molecule has 1 saturated carbocycles. The fourth-order valence-electron chi connectivity index (χ4n) is 4.78. The molecule has 5 nitrogen and oxygen atoms in total. The van der Waals surface area contributed by atoms with Crippen LogP contribution in [0.3, 0.4) is 0 Å². The third-order valence-corrected chi connectivity index (χ3v) is 8.24. The van der Waals surface area contributed by atoms with Gasteiger partial charge in [-0.25, -0.2) is 0 Å². The number of benzene rings is 2. The topological polar surface area (TPSA) is 62.4 Å². The summed E-state index contributed by atoms with van der Waals surface area (Å²) in [6.45, 7) is 6.65. The summed E-state index contributed by atoms with van der Waals surface area (Å²) in [5.74, 6) is 0.673. The molecular weight excluding hydrogens is 454 g/mol. The summed E-state index contributed by atoms with van der Waals surface area (Å²) in [4.78, 5) is 15.8. The minimum atomic E-state index is -0.106. The van der Waals surface area contributed by atoms with E-state index in [1.165, 1.54) is 41.0 Å². The van der Waals surface area contributed by atoms with E-state index in [1.807, 2.05) is 43.4 Å². The lowest BCUT2D eigenvalue weighted by molar-refractivity contribution is 0.0937. The van der Waals surface area contributed by atoms with Crippen molar-refractivity contribution in [2.45, 2.75) is 64.3 Å². The van der Waals surface area contributed by atoms with E-state index in [4.69, 9.17) is 4.74 Å². The van der Waals surface area contributed by atoms with Crippen molar-refractivity contribution in [1.82, 2.24) is 16.0 Å². The van der Waals surface area contributed by atoms with Gasteiger partial charge in [0.15, 0.2) is 0 Å². The van der Waals surface area contributed by atoms with Crippen LogP contribution >= 0.6 is 11.3 Å². The smallest absolute Gasteiger partial charge is 0.252 e. The third kappa shape index (κ3) is 5.95. The lowest BCUT2D eigenvalue weighted by Crippen LogP contribution is -2.50. The molecule has 35 heavy (non-hydrogen) atoms. The molecule has 3 aromatic rings. The summed E-state index contributed by atoms with van der Waals surface area (Å²) in [6.07, 6.45) is 5.50. The van der Waals surface area contributed by atoms with E-state index < -0.39 is 0 Å². The Balaban J connectivity index is 1.23. The lowest BCUT2D eigenvalue weighted by atomic mass is 10.0. The molecule has 1 unspecified atom stereocenters. The molecule has 1 saturated heterocycles. The maximum absolute atomic E-state index is 13.1. The van der Waals surface area contributed by atoms with Gasteiger partial charge in [0.25, 0.3) is 5.91 Å². The Morgan fingerprint density at radius 3 is 2.71 bits per heavy atom. The molecule has 6 heteroatoms. The fraction of sp³-hybridized carbons (Fsp3) is 0.414. The van der Waals surface area contributed by atoms with Crippen LogP contribution < -0.4 is 20.7 Å². The van der Waals surface area contributed by atoms with E-state index in [2.05, 4.69) is 52.3 Å². The molecule has 2 fully saturated rings. The number of rotatable bonds is 9. The molecule has 2 aromatic carbocycles. The summed E-state index contributed by atoms with van der Waals surface area (Å²) in [6, 6.07) is 19.3. The Morgan fingerprint density at radius 2 is 1.94 bits per heavy atom. The molecule has 0 radical (unpaired) electrons. The van der Waals surface area contributed by atoms with Crippen molar-refractivity contribution in [3.8, 4) is 16.2 Å². The first-order chi connectivity index (χ1) is 17.0. The van der Waals surface area contributed by atoms with Gasteiger partial charge in [0, 0.05) is 41.0 Å². The number of aryl methyl sites for hydroxylation is 1. The highest BCUT2D eigenvalue weighted by atomic mass is 32.1. The molecular formula is C29H35N3O2S. The quantitative estimate of drug-likeness (QED) is 0.366. The van der Waals surface area contributed by atoms with Crippen molar-refractivity contribution in [2.75, 3.05) is 13.1 Å². The number of carbonyl (C=O) groups excluding carboxylic acids is 1. The van der Waals surface area contributed by atoms with Crippen molar-refractivity contribution < 1.29 is 9.53 Å². The maximum atomic E-state index is 13.1. The monoisotopic (exact) mass is 489 g/mol. The van der Waals surface area contributed by atoms with Crippen LogP contribution in [-0.2, 0) is 6.54 Å². The number of thiophene rings is 1. The molecule has 2 heterocycles. The average Bonchev–Trinajstić information content (AvgIpc) is 3.53. The Morgan fingerprint density at radius 1 is 1.11 bits per heavy atom. The van der Waals surface area contributed by atoms with Crippen molar-refractivity contribution >= 4 is 17.2 Å². The van der Waals surface area contributed by atoms with Crippen LogP contribution in [0, 0.1) is 6.92 Å². The largest absolute Gasteiger partial charge is 0.488 e. The van der Waals surface area contributed by atoms with E-state index in [0.717, 1.165) is 36.5 Å². The van der Waals surface area contributed by atoms with Gasteiger partial charge in [-0.1, -0.05) is 37.1 Å². The molecule has 0 spiro atoms. The van der Waals surface area contributed by atoms with Crippen molar-refractivity contribution in [1.29, 1.82) is 0 Å². The number of hydrogen-bond acceptors (Lipinski definition) is 5. The van der Waals surface area contributed by atoms with Gasteiger partial charge in [-0.3, -0.25) is 4.79 Å². The predicted molar refractivity (Wildman–Crippen MR) is 143 cm³/mol. The Bertz CT molecular complexity index is 1160. The molecule has 184 valence electrons. The second-order valence-corrected chi connectivity index (χ2v) is 11.0. The highest BCUT2D eigenvalue weighted by molar-refractivity contribution is 7.15. The fourth-order valence-corrected chi connectivity index (χ4v) is 5.73. The summed E-state index contributed by atoms with van der Waals surface area (Å²) >= 11 is 1.85. The molecule has 1 aliphatic carbocycles. The standard InChI is InChI=1S/C29H35N3O2S/c1-19-10-11-24(34-25-16-30-17-25)15-27(19)29(33)32-20(2)21-6-5-7-22(14-21)28-13-12-26(35-28)18-31-23-8-3-4-9-23/h5-7,10-15,20,23,25,30-31H,3-4,8-9,16-18H2,1-2H3,(H,32,33). The lowest BCUT2D eigenvalue weighted by Gasteiger charge is -2.28. The summed E-state index contributed by atoms with van der Waals surface area (Å²) in [7, 11) is 0. The van der Waals surface area contributed by atoms with Crippen molar-refractivity contribution in [2.24, 2.45) is 0 Å². The van der Waals surface area contributed by atoms with Crippen molar-refractivity contribution in [3.05, 3.63) is 76.2 Å². The van der Waals surface area contributed by atoms with Crippen LogP contribution in [-0.4, -0.2) is 31.1 Å². The van der Waals surface area contributed by atoms with Gasteiger partial charge in [0.2, 0.25) is 0 Å². The average molecular weight is 490 g/mol. The van der Waals surface area contributed by atoms with Gasteiger partial charge in [-0.2, -0.15) is 0 Å². The summed E-state index contributed by atoms with van der Waals surface area (Å²) < 4.78 is 5.95. The van der Waals surface area contributed by atoms with Gasteiger partial charge in [0.05, 0.1) is 6.04 Å². The molecule has 0 bridgehead atoms. The highest BCUT2D eigenvalue weighted by Gasteiger charge is 2.20. The van der Waals surface area contributed by atoms with Crippen molar-refractivity contribution in [3.63, 3.8) is 0 Å². The van der Waals surface area contributed by atoms with Crippen LogP contribution in [0.2, 0.25) is 0 Å². The first-order valence-corrected chi connectivity index (χ1v) is 13.6. The van der Waals surface area contributed by atoms with Crippen LogP contribution in [0.4, 0.5) is 0 Å². The molecule has 3 N–H and O–H groups in total. The van der Waals surface area contributed by atoms with Crippen LogP contribution in [0.5, 0.6) is 5.75 Å². The first-order valence-electron chi connectivity index (χ1n) is 12.8. The van der Waals surface area contributed by atoms with E-state index in [1.54, 1.807) is 0 Å². The second-order valence-electron chi connectivity index (χ2n) is 9.82. The van der Waals surface area contributed by atoms with Gasteiger partial charge in [-0.05, 0) is 73.7 Å². The highest BCUT2D eigenvalue weighted by Crippen LogP contribution is 2.30. The second kappa shape index (κ2) is 10.9. The minimum Gasteiger partial charge on any atom is -0.488 e. The zero-order valence-corrected chi connectivity index (χ0v) is 21.4. The molecule has 5 rings (SSSR count). The normalized spacial score (nSPS) is 17.2. The van der Waals surface area contributed by atoms with Gasteiger partial charge >= 0.3 is 0 Å². The van der Waals surface area contributed by atoms with Crippen LogP contribution in [0.25, 0.3) is 10.4 Å². The Kier molecular flexibility index (Phi) is 7.51. The number of carbonyl (C=O) groups is 1. The maximum Gasteiger partial charge on any atom is 0.252 e. The zero-order chi connectivity index (χ0) is 24.2. The van der Waals surface area contributed by atoms with E-state index >= 15 is 0 Å². The molecule has 2 aliphatic rings. The zero-order valence-electron chi connectivity index (χ0n) is 20.6. The van der Waals surface area contributed by atoms with Crippen LogP contribution in [0.15, 0.2) is 54.6 Å². The predicted octanol–water partition coefficient (Wildman–Crippen LogP) is 5.60. The first kappa shape index (κ1) is 24.0. The van der Waals surface area contributed by atoms with E-state index in [9.17, 15) is 4.79 Å². The molecule has 1 amide bonds. The summed E-state index contributed by atoms with van der Waals surface area (Å²) in [5, 5.41) is 10.1. The number of nitrogens with one attached hydrogen (secondary N) is 3. The number of amides is 1. The molecule has 1 aliphatic heterocycles. The number of ether oxygens (including phenoxy) is 1. The van der Waals surface area contributed by atoms with Gasteiger partial charge in [0.1, 0.15) is 11.9 Å². The minimum absolute atomic E-state index is 0.0750. The number of hydrogen-bond donors (Lipinski definition) is 3. The molecule has 1 aromatic heterocycles. The Hall–Kier alpha value is -2.67. The third-order valence-electron chi connectivity index (χ3n) is 7.10. The van der Waals surface area contributed by atoms with Gasteiger partial charge < -0.3 is 20.7 Å². The molecule has 1 atom stereocenters. The van der Waals surface area contributed by atoms with Gasteiger partial charge in [-0.15, -0.1) is 11.3 Å². The van der Waals surface area contributed by atoms with Crippen LogP contribution in [0.1, 0.15) is 65.0 Å². The van der Waals surface area contributed by atoms with E-state index in [0.29, 0.717) is 11.6 Å². The SMILES string of the molecule is Cc1ccc(OC2CNC2)cc1C(=O)NC(C)c1cccc(-c2ccc(CNC3CCCC3)s2)c1. The summed E-state index contributed by atoms with van der Waals surface area (Å²) in [5.41, 5.74) is 3.90.